The summed E-state index contributed by atoms with van der Waals surface area (Å²) in [5.41, 5.74) is 1.26. The van der Waals surface area contributed by atoms with Crippen LogP contribution in [0.1, 0.15) is 12.8 Å². The van der Waals surface area contributed by atoms with Crippen molar-refractivity contribution in [3.05, 3.63) is 12.2 Å². The molecule has 1 rings (SSSR count). The van der Waals surface area contributed by atoms with E-state index in [0.717, 1.165) is 19.4 Å². The molecule has 1 fully saturated rings. The summed E-state index contributed by atoms with van der Waals surface area (Å²) in [6.07, 6.45) is 2.01. The van der Waals surface area contributed by atoms with Gasteiger partial charge in [-0.2, -0.15) is 0 Å². The van der Waals surface area contributed by atoms with Gasteiger partial charge >= 0.3 is 0 Å². The second-order valence-corrected chi connectivity index (χ2v) is 2.54. The molecule has 1 heterocycles. The van der Waals surface area contributed by atoms with Crippen LogP contribution in [-0.4, -0.2) is 24.3 Å². The molecular formula is C7H13NO. The number of hydrogen-bond acceptors (Lipinski definition) is 2. The number of rotatable bonds is 1. The van der Waals surface area contributed by atoms with Crippen molar-refractivity contribution in [2.45, 2.75) is 18.9 Å². The van der Waals surface area contributed by atoms with E-state index in [-0.39, 0.29) is 12.6 Å². The summed E-state index contributed by atoms with van der Waals surface area (Å²) in [4.78, 5) is 0. The van der Waals surface area contributed by atoms with E-state index in [2.05, 4.69) is 11.9 Å². The predicted molar refractivity (Wildman–Crippen MR) is 37.3 cm³/mol. The fourth-order valence-electron chi connectivity index (χ4n) is 1.10. The van der Waals surface area contributed by atoms with Crippen LogP contribution in [0.4, 0.5) is 0 Å². The topological polar surface area (TPSA) is 32.3 Å². The van der Waals surface area contributed by atoms with Gasteiger partial charge in [-0.1, -0.05) is 12.2 Å². The predicted octanol–water partition coefficient (Wildman–Crippen LogP) is 0.287. The van der Waals surface area contributed by atoms with E-state index < -0.39 is 0 Å². The van der Waals surface area contributed by atoms with Crippen molar-refractivity contribution in [2.75, 3.05) is 13.2 Å². The third kappa shape index (κ3) is 1.80. The van der Waals surface area contributed by atoms with E-state index in [1.165, 1.54) is 5.57 Å². The lowest BCUT2D eigenvalue weighted by Crippen LogP contribution is -2.37. The van der Waals surface area contributed by atoms with Gasteiger partial charge in [0, 0.05) is 6.04 Å². The molecule has 0 saturated carbocycles. The second-order valence-electron chi connectivity index (χ2n) is 2.54. The molecule has 1 unspecified atom stereocenters. The zero-order valence-electron chi connectivity index (χ0n) is 5.56. The lowest BCUT2D eigenvalue weighted by Gasteiger charge is -2.22. The number of aliphatic hydroxyl groups excluding tert-OH is 1. The highest BCUT2D eigenvalue weighted by molar-refractivity contribution is 5.01. The molecule has 1 atom stereocenters. The third-order valence-electron chi connectivity index (χ3n) is 1.67. The lowest BCUT2D eigenvalue weighted by atomic mass is 10.0. The molecule has 52 valence electrons. The highest BCUT2D eigenvalue weighted by atomic mass is 16.3. The van der Waals surface area contributed by atoms with Crippen LogP contribution in [0.2, 0.25) is 0 Å². The van der Waals surface area contributed by atoms with Crippen LogP contribution in [0.15, 0.2) is 12.2 Å². The van der Waals surface area contributed by atoms with Gasteiger partial charge in [-0.3, -0.25) is 0 Å². The molecule has 2 N–H and O–H groups in total. The van der Waals surface area contributed by atoms with Crippen molar-refractivity contribution >= 4 is 0 Å². The molecule has 2 nitrogen and oxygen atoms in total. The van der Waals surface area contributed by atoms with E-state index in [9.17, 15) is 0 Å². The minimum atomic E-state index is 0.235. The first-order valence-electron chi connectivity index (χ1n) is 3.34. The highest BCUT2D eigenvalue weighted by Gasteiger charge is 2.12. The van der Waals surface area contributed by atoms with Gasteiger partial charge in [0.1, 0.15) is 0 Å². The summed E-state index contributed by atoms with van der Waals surface area (Å²) in [7, 11) is 0. The molecule has 0 aromatic rings. The van der Waals surface area contributed by atoms with Gasteiger partial charge < -0.3 is 10.4 Å². The highest BCUT2D eigenvalue weighted by Crippen LogP contribution is 2.11. The standard InChI is InChI=1S/C7H13NO/c1-6-2-3-8-7(4-6)5-9/h7-9H,1-5H2. The molecule has 0 aromatic heterocycles. The van der Waals surface area contributed by atoms with Crippen LogP contribution in [0, 0.1) is 0 Å². The van der Waals surface area contributed by atoms with Gasteiger partial charge in [0.2, 0.25) is 0 Å². The van der Waals surface area contributed by atoms with E-state index >= 15 is 0 Å². The summed E-state index contributed by atoms with van der Waals surface area (Å²) in [6, 6.07) is 0.270. The Morgan fingerprint density at radius 1 is 1.78 bits per heavy atom. The van der Waals surface area contributed by atoms with E-state index in [1.807, 2.05) is 0 Å². The van der Waals surface area contributed by atoms with Crippen LogP contribution >= 0.6 is 0 Å². The third-order valence-corrected chi connectivity index (χ3v) is 1.67. The van der Waals surface area contributed by atoms with Gasteiger partial charge in [-0.25, -0.2) is 0 Å². The molecule has 0 aliphatic carbocycles. The minimum absolute atomic E-state index is 0.235. The Bertz CT molecular complexity index is 111. The fourth-order valence-corrected chi connectivity index (χ4v) is 1.10. The molecule has 1 aliphatic rings. The Hall–Kier alpha value is -0.340. The summed E-state index contributed by atoms with van der Waals surface area (Å²) in [5.74, 6) is 0. The Labute approximate surface area is 55.6 Å². The van der Waals surface area contributed by atoms with Crippen molar-refractivity contribution in [1.29, 1.82) is 0 Å². The minimum Gasteiger partial charge on any atom is -0.395 e. The largest absolute Gasteiger partial charge is 0.395 e. The van der Waals surface area contributed by atoms with Crippen molar-refractivity contribution < 1.29 is 5.11 Å². The summed E-state index contributed by atoms with van der Waals surface area (Å²) < 4.78 is 0. The Morgan fingerprint density at radius 3 is 3.00 bits per heavy atom. The first-order chi connectivity index (χ1) is 4.33. The summed E-state index contributed by atoms with van der Waals surface area (Å²) in [5, 5.41) is 11.9. The zero-order chi connectivity index (χ0) is 6.69. The fraction of sp³-hybridized carbons (Fsp3) is 0.714. The SMILES string of the molecule is C=C1CCNC(CO)C1. The van der Waals surface area contributed by atoms with Gasteiger partial charge in [0.05, 0.1) is 6.61 Å². The maximum atomic E-state index is 8.71. The Balaban J connectivity index is 2.32. The number of piperidine rings is 1. The van der Waals surface area contributed by atoms with Crippen LogP contribution in [0.25, 0.3) is 0 Å². The van der Waals surface area contributed by atoms with Crippen molar-refractivity contribution in [3.8, 4) is 0 Å². The van der Waals surface area contributed by atoms with Crippen molar-refractivity contribution in [2.24, 2.45) is 0 Å². The van der Waals surface area contributed by atoms with E-state index in [0.29, 0.717) is 0 Å². The van der Waals surface area contributed by atoms with Gasteiger partial charge in [0.25, 0.3) is 0 Å². The maximum absolute atomic E-state index is 8.71. The van der Waals surface area contributed by atoms with Crippen LogP contribution < -0.4 is 5.32 Å². The average Bonchev–Trinajstić information content (AvgIpc) is 1.88. The molecule has 9 heavy (non-hydrogen) atoms. The number of aliphatic hydroxyl groups is 1. The smallest absolute Gasteiger partial charge is 0.0587 e. The molecular weight excluding hydrogens is 114 g/mol. The van der Waals surface area contributed by atoms with Crippen LogP contribution in [-0.2, 0) is 0 Å². The molecule has 0 bridgehead atoms. The maximum Gasteiger partial charge on any atom is 0.0587 e. The van der Waals surface area contributed by atoms with Gasteiger partial charge in [-0.15, -0.1) is 0 Å². The molecule has 0 spiro atoms. The molecule has 1 saturated heterocycles. The van der Waals surface area contributed by atoms with Crippen molar-refractivity contribution in [1.82, 2.24) is 5.32 Å². The zero-order valence-corrected chi connectivity index (χ0v) is 5.56. The molecule has 0 amide bonds. The Morgan fingerprint density at radius 2 is 2.56 bits per heavy atom. The molecule has 2 heteroatoms. The van der Waals surface area contributed by atoms with Gasteiger partial charge in [-0.05, 0) is 19.4 Å². The summed E-state index contributed by atoms with van der Waals surface area (Å²) >= 11 is 0. The lowest BCUT2D eigenvalue weighted by molar-refractivity contribution is 0.234. The number of nitrogens with one attached hydrogen (secondary N) is 1. The Kier molecular flexibility index (Phi) is 2.25. The quantitative estimate of drug-likeness (QED) is 0.496. The van der Waals surface area contributed by atoms with E-state index in [1.54, 1.807) is 0 Å². The van der Waals surface area contributed by atoms with Crippen LogP contribution in [0.3, 0.4) is 0 Å². The summed E-state index contributed by atoms with van der Waals surface area (Å²) in [6.45, 7) is 5.07. The number of hydrogen-bond donors (Lipinski definition) is 2. The average molecular weight is 127 g/mol. The van der Waals surface area contributed by atoms with E-state index in [4.69, 9.17) is 5.11 Å². The normalized spacial score (nSPS) is 28.6. The molecule has 0 aromatic carbocycles. The monoisotopic (exact) mass is 127 g/mol. The second kappa shape index (κ2) is 2.99. The van der Waals surface area contributed by atoms with Crippen molar-refractivity contribution in [3.63, 3.8) is 0 Å². The molecule has 1 aliphatic heterocycles. The first kappa shape index (κ1) is 6.78. The van der Waals surface area contributed by atoms with Gasteiger partial charge in [0.15, 0.2) is 0 Å². The van der Waals surface area contributed by atoms with Crippen LogP contribution in [0.5, 0.6) is 0 Å². The molecule has 0 radical (unpaired) electrons. The first-order valence-corrected chi connectivity index (χ1v) is 3.34.